The highest BCUT2D eigenvalue weighted by Gasteiger charge is 2.12. The molecule has 2 rings (SSSR count). The van der Waals surface area contributed by atoms with Gasteiger partial charge in [0.05, 0.1) is 17.2 Å². The van der Waals surface area contributed by atoms with Crippen molar-refractivity contribution in [3.05, 3.63) is 65.2 Å². The first-order chi connectivity index (χ1) is 11.5. The van der Waals surface area contributed by atoms with E-state index in [-0.39, 0.29) is 12.1 Å². The second-order valence-corrected chi connectivity index (χ2v) is 5.59. The first-order valence-electron chi connectivity index (χ1n) is 8.15. The van der Waals surface area contributed by atoms with Crippen molar-refractivity contribution in [3.63, 3.8) is 0 Å². The molecule has 24 heavy (non-hydrogen) atoms. The monoisotopic (exact) mass is 326 g/mol. The van der Waals surface area contributed by atoms with Crippen molar-refractivity contribution in [3.8, 4) is 5.75 Å². The van der Waals surface area contributed by atoms with Gasteiger partial charge < -0.3 is 9.47 Å². The highest BCUT2D eigenvalue weighted by molar-refractivity contribution is 5.92. The number of carbonyl (C=O) groups is 2. The van der Waals surface area contributed by atoms with Crippen LogP contribution < -0.4 is 4.74 Å². The molecule has 1 atom stereocenters. The summed E-state index contributed by atoms with van der Waals surface area (Å²) in [6, 6.07) is 13.7. The molecule has 0 saturated heterocycles. The molecule has 0 saturated carbocycles. The molecular weight excluding hydrogens is 304 g/mol. The minimum Gasteiger partial charge on any atom is -0.459 e. The van der Waals surface area contributed by atoms with Gasteiger partial charge in [0.2, 0.25) is 0 Å². The molecule has 0 spiro atoms. The maximum atomic E-state index is 12.1. The van der Waals surface area contributed by atoms with Gasteiger partial charge in [-0.3, -0.25) is 0 Å². The second kappa shape index (κ2) is 8.29. The number of ether oxygens (including phenoxy) is 2. The number of esters is 2. The standard InChI is InChI=1S/C20H22O4/c1-4-14(3)23-19(21)17-10-12-18(13-11-17)24-20(22)16-8-6-15(5-2)7-9-16/h6-14H,4-5H2,1-3H3. The lowest BCUT2D eigenvalue weighted by Crippen LogP contribution is -2.14. The normalized spacial score (nSPS) is 11.6. The average Bonchev–Trinajstić information content (AvgIpc) is 2.62. The Balaban J connectivity index is 2.00. The molecular formula is C20H22O4. The van der Waals surface area contributed by atoms with E-state index in [0.717, 1.165) is 18.4 Å². The smallest absolute Gasteiger partial charge is 0.343 e. The van der Waals surface area contributed by atoms with E-state index in [2.05, 4.69) is 6.92 Å². The Hall–Kier alpha value is -2.62. The molecule has 0 aliphatic heterocycles. The van der Waals surface area contributed by atoms with Crippen LogP contribution in [0.2, 0.25) is 0 Å². The summed E-state index contributed by atoms with van der Waals surface area (Å²) in [6.07, 6.45) is 1.56. The van der Waals surface area contributed by atoms with Crippen LogP contribution in [0.4, 0.5) is 0 Å². The van der Waals surface area contributed by atoms with Crippen LogP contribution in [-0.4, -0.2) is 18.0 Å². The molecule has 0 amide bonds. The summed E-state index contributed by atoms with van der Waals surface area (Å²) < 4.78 is 10.6. The van der Waals surface area contributed by atoms with Gasteiger partial charge >= 0.3 is 11.9 Å². The van der Waals surface area contributed by atoms with Gasteiger partial charge in [0.15, 0.2) is 0 Å². The lowest BCUT2D eigenvalue weighted by molar-refractivity contribution is 0.0334. The number of carbonyl (C=O) groups excluding carboxylic acids is 2. The molecule has 0 heterocycles. The van der Waals surface area contributed by atoms with Crippen LogP contribution in [0.3, 0.4) is 0 Å². The molecule has 0 radical (unpaired) electrons. The van der Waals surface area contributed by atoms with Gasteiger partial charge in [-0.15, -0.1) is 0 Å². The van der Waals surface area contributed by atoms with Crippen LogP contribution in [0, 0.1) is 0 Å². The fourth-order valence-electron chi connectivity index (χ4n) is 2.04. The van der Waals surface area contributed by atoms with Crippen molar-refractivity contribution in [2.45, 2.75) is 39.7 Å². The third-order valence-electron chi connectivity index (χ3n) is 3.78. The predicted molar refractivity (Wildman–Crippen MR) is 92.4 cm³/mol. The number of hydrogen-bond acceptors (Lipinski definition) is 4. The zero-order chi connectivity index (χ0) is 17.5. The van der Waals surface area contributed by atoms with Crippen LogP contribution >= 0.6 is 0 Å². The average molecular weight is 326 g/mol. The summed E-state index contributed by atoms with van der Waals surface area (Å²) in [5.74, 6) is -0.412. The Morgan fingerprint density at radius 3 is 1.96 bits per heavy atom. The summed E-state index contributed by atoms with van der Waals surface area (Å²) in [5.41, 5.74) is 2.09. The second-order valence-electron chi connectivity index (χ2n) is 5.59. The highest BCUT2D eigenvalue weighted by Crippen LogP contribution is 2.16. The Bertz CT molecular complexity index is 687. The number of aryl methyl sites for hydroxylation is 1. The molecule has 1 unspecified atom stereocenters. The van der Waals surface area contributed by atoms with E-state index in [1.165, 1.54) is 0 Å². The van der Waals surface area contributed by atoms with Gasteiger partial charge in [-0.1, -0.05) is 26.0 Å². The number of rotatable bonds is 6. The van der Waals surface area contributed by atoms with Gasteiger partial charge in [0, 0.05) is 0 Å². The quantitative estimate of drug-likeness (QED) is 0.582. The van der Waals surface area contributed by atoms with Gasteiger partial charge in [-0.05, 0) is 61.7 Å². The van der Waals surface area contributed by atoms with Crippen LogP contribution in [0.1, 0.15) is 53.5 Å². The van der Waals surface area contributed by atoms with Crippen molar-refractivity contribution in [1.29, 1.82) is 0 Å². The van der Waals surface area contributed by atoms with Gasteiger partial charge in [-0.25, -0.2) is 9.59 Å². The van der Waals surface area contributed by atoms with E-state index in [1.807, 2.05) is 26.0 Å². The molecule has 2 aromatic carbocycles. The lowest BCUT2D eigenvalue weighted by atomic mass is 10.1. The van der Waals surface area contributed by atoms with E-state index in [1.54, 1.807) is 36.4 Å². The summed E-state index contributed by atoms with van der Waals surface area (Å²) >= 11 is 0. The van der Waals surface area contributed by atoms with Crippen molar-refractivity contribution in [1.82, 2.24) is 0 Å². The summed E-state index contributed by atoms with van der Waals surface area (Å²) in [6.45, 7) is 5.85. The topological polar surface area (TPSA) is 52.6 Å². The van der Waals surface area contributed by atoms with Gasteiger partial charge in [0.1, 0.15) is 5.75 Å². The summed E-state index contributed by atoms with van der Waals surface area (Å²) in [4.78, 5) is 24.0. The van der Waals surface area contributed by atoms with E-state index >= 15 is 0 Å². The fourth-order valence-corrected chi connectivity index (χ4v) is 2.04. The zero-order valence-corrected chi connectivity index (χ0v) is 14.2. The lowest BCUT2D eigenvalue weighted by Gasteiger charge is -2.11. The van der Waals surface area contributed by atoms with Crippen LogP contribution in [-0.2, 0) is 11.2 Å². The van der Waals surface area contributed by atoms with Crippen LogP contribution in [0.15, 0.2) is 48.5 Å². The molecule has 0 N–H and O–H groups in total. The molecule has 4 heteroatoms. The van der Waals surface area contributed by atoms with Crippen molar-refractivity contribution >= 4 is 11.9 Å². The Morgan fingerprint density at radius 2 is 1.42 bits per heavy atom. The first kappa shape index (κ1) is 17.7. The first-order valence-corrected chi connectivity index (χ1v) is 8.15. The molecule has 4 nitrogen and oxygen atoms in total. The molecule has 0 fully saturated rings. The molecule has 2 aromatic rings. The van der Waals surface area contributed by atoms with Crippen LogP contribution in [0.25, 0.3) is 0 Å². The number of hydrogen-bond donors (Lipinski definition) is 0. The zero-order valence-electron chi connectivity index (χ0n) is 14.2. The number of benzene rings is 2. The third kappa shape index (κ3) is 4.69. The maximum Gasteiger partial charge on any atom is 0.343 e. The molecule has 0 bridgehead atoms. The summed E-state index contributed by atoms with van der Waals surface area (Å²) in [5, 5.41) is 0. The minimum absolute atomic E-state index is 0.124. The van der Waals surface area contributed by atoms with E-state index in [0.29, 0.717) is 16.9 Å². The molecule has 0 aliphatic rings. The minimum atomic E-state index is -0.424. The van der Waals surface area contributed by atoms with Crippen molar-refractivity contribution in [2.75, 3.05) is 0 Å². The van der Waals surface area contributed by atoms with Crippen molar-refractivity contribution in [2.24, 2.45) is 0 Å². The fraction of sp³-hybridized carbons (Fsp3) is 0.300. The van der Waals surface area contributed by atoms with Gasteiger partial charge in [-0.2, -0.15) is 0 Å². The molecule has 126 valence electrons. The Labute approximate surface area is 142 Å². The third-order valence-corrected chi connectivity index (χ3v) is 3.78. The van der Waals surface area contributed by atoms with E-state index in [9.17, 15) is 9.59 Å². The highest BCUT2D eigenvalue weighted by atomic mass is 16.5. The van der Waals surface area contributed by atoms with Crippen molar-refractivity contribution < 1.29 is 19.1 Å². The maximum absolute atomic E-state index is 12.1. The molecule has 0 aliphatic carbocycles. The summed E-state index contributed by atoms with van der Waals surface area (Å²) in [7, 11) is 0. The SMILES string of the molecule is CCc1ccc(C(=O)Oc2ccc(C(=O)OC(C)CC)cc2)cc1. The van der Waals surface area contributed by atoms with Crippen LogP contribution in [0.5, 0.6) is 5.75 Å². The van der Waals surface area contributed by atoms with E-state index in [4.69, 9.17) is 9.47 Å². The molecule has 0 aromatic heterocycles. The predicted octanol–water partition coefficient (Wildman–Crippen LogP) is 4.42. The van der Waals surface area contributed by atoms with E-state index < -0.39 is 5.97 Å². The Morgan fingerprint density at radius 1 is 0.875 bits per heavy atom. The van der Waals surface area contributed by atoms with Gasteiger partial charge in [0.25, 0.3) is 0 Å². The Kier molecular flexibility index (Phi) is 6.13. The largest absolute Gasteiger partial charge is 0.459 e.